The molecule has 0 aliphatic heterocycles. The summed E-state index contributed by atoms with van der Waals surface area (Å²) in [6.07, 6.45) is 1.82. The van der Waals surface area contributed by atoms with Crippen LogP contribution in [0.15, 0.2) is 74.0 Å². The Kier molecular flexibility index (Phi) is 6.08. The minimum Gasteiger partial charge on any atom is -0.151 e. The molecule has 0 N–H and O–H groups in total. The standard InChI is InChI=1S/C13H12Br2N2/c1-10(9-14)13(15)8-11(2)16-17-12-6-4-3-5-7-12/h3-9H,2H2,1H3. The second kappa shape index (κ2) is 7.35. The molecular formula is C13H12Br2N2. The summed E-state index contributed by atoms with van der Waals surface area (Å²) >= 11 is 6.70. The molecule has 1 aromatic carbocycles. The predicted molar refractivity (Wildman–Crippen MR) is 79.8 cm³/mol. The minimum atomic E-state index is 0.592. The quantitative estimate of drug-likeness (QED) is 0.477. The number of azo groups is 1. The summed E-state index contributed by atoms with van der Waals surface area (Å²) in [7, 11) is 0. The van der Waals surface area contributed by atoms with E-state index >= 15 is 0 Å². The fraction of sp³-hybridized carbons (Fsp3) is 0.0769. The summed E-state index contributed by atoms with van der Waals surface area (Å²) in [4.78, 5) is 1.83. The maximum atomic E-state index is 4.07. The molecule has 0 heterocycles. The van der Waals surface area contributed by atoms with Crippen molar-refractivity contribution in [3.8, 4) is 0 Å². The first-order valence-corrected chi connectivity index (χ1v) is 6.64. The largest absolute Gasteiger partial charge is 0.151 e. The fourth-order valence-electron chi connectivity index (χ4n) is 0.958. The molecule has 0 unspecified atom stereocenters. The fourth-order valence-corrected chi connectivity index (χ4v) is 1.89. The first-order chi connectivity index (χ1) is 8.13. The normalized spacial score (nSPS) is 13.1. The smallest absolute Gasteiger partial charge is 0.0857 e. The maximum absolute atomic E-state index is 4.07. The Morgan fingerprint density at radius 1 is 1.29 bits per heavy atom. The topological polar surface area (TPSA) is 24.7 Å². The van der Waals surface area contributed by atoms with Gasteiger partial charge in [0.2, 0.25) is 0 Å². The van der Waals surface area contributed by atoms with Crippen molar-refractivity contribution in [1.29, 1.82) is 0 Å². The van der Waals surface area contributed by atoms with E-state index in [9.17, 15) is 0 Å². The van der Waals surface area contributed by atoms with Gasteiger partial charge < -0.3 is 0 Å². The molecule has 0 aliphatic carbocycles. The highest BCUT2D eigenvalue weighted by Gasteiger charge is 1.95. The van der Waals surface area contributed by atoms with Crippen molar-refractivity contribution in [2.24, 2.45) is 10.2 Å². The summed E-state index contributed by atoms with van der Waals surface area (Å²) in [5, 5.41) is 8.11. The van der Waals surface area contributed by atoms with Crippen LogP contribution in [0.25, 0.3) is 0 Å². The third-order valence-corrected chi connectivity index (χ3v) is 3.42. The molecule has 0 aliphatic rings. The van der Waals surface area contributed by atoms with Gasteiger partial charge in [-0.1, -0.05) is 56.6 Å². The third-order valence-electron chi connectivity index (χ3n) is 1.88. The van der Waals surface area contributed by atoms with Crippen molar-refractivity contribution in [2.45, 2.75) is 6.92 Å². The van der Waals surface area contributed by atoms with E-state index < -0.39 is 0 Å². The van der Waals surface area contributed by atoms with Crippen LogP contribution < -0.4 is 0 Å². The molecule has 1 rings (SSSR count). The zero-order valence-corrected chi connectivity index (χ0v) is 12.6. The van der Waals surface area contributed by atoms with Gasteiger partial charge in [-0.2, -0.15) is 10.2 Å². The lowest BCUT2D eigenvalue weighted by Gasteiger charge is -1.97. The number of hydrogen-bond donors (Lipinski definition) is 0. The molecule has 0 spiro atoms. The van der Waals surface area contributed by atoms with Crippen LogP contribution >= 0.6 is 31.9 Å². The molecule has 0 atom stereocenters. The van der Waals surface area contributed by atoms with E-state index in [1.54, 1.807) is 0 Å². The average Bonchev–Trinajstić information content (AvgIpc) is 2.36. The molecule has 0 saturated heterocycles. The molecule has 0 saturated carbocycles. The lowest BCUT2D eigenvalue weighted by molar-refractivity contribution is 1.18. The molecule has 88 valence electrons. The van der Waals surface area contributed by atoms with Crippen LogP contribution in [0.1, 0.15) is 6.92 Å². The number of halogens is 2. The van der Waals surface area contributed by atoms with E-state index in [4.69, 9.17) is 0 Å². The van der Waals surface area contributed by atoms with E-state index in [1.165, 1.54) is 0 Å². The molecule has 4 heteroatoms. The van der Waals surface area contributed by atoms with Crippen molar-refractivity contribution < 1.29 is 0 Å². The molecule has 0 amide bonds. The molecular weight excluding hydrogens is 344 g/mol. The minimum absolute atomic E-state index is 0.592. The van der Waals surface area contributed by atoms with Gasteiger partial charge in [0.05, 0.1) is 11.4 Å². The lowest BCUT2D eigenvalue weighted by Crippen LogP contribution is -1.75. The van der Waals surface area contributed by atoms with Crippen molar-refractivity contribution in [3.05, 3.63) is 63.7 Å². The average molecular weight is 356 g/mol. The van der Waals surface area contributed by atoms with Crippen LogP contribution in [0.3, 0.4) is 0 Å². The van der Waals surface area contributed by atoms with E-state index in [0.29, 0.717) is 5.70 Å². The first-order valence-electron chi connectivity index (χ1n) is 4.93. The summed E-state index contributed by atoms with van der Waals surface area (Å²) in [5.74, 6) is 0. The molecule has 0 radical (unpaired) electrons. The third kappa shape index (κ3) is 5.24. The van der Waals surface area contributed by atoms with Gasteiger partial charge in [-0.15, -0.1) is 0 Å². The van der Waals surface area contributed by atoms with Gasteiger partial charge in [0, 0.05) is 4.48 Å². The molecule has 17 heavy (non-hydrogen) atoms. The Labute approximate surface area is 118 Å². The summed E-state index contributed by atoms with van der Waals surface area (Å²) in [6.45, 7) is 5.79. The Morgan fingerprint density at radius 3 is 2.53 bits per heavy atom. The number of nitrogens with zero attached hydrogens (tertiary/aromatic N) is 2. The highest BCUT2D eigenvalue weighted by atomic mass is 79.9. The van der Waals surface area contributed by atoms with Crippen LogP contribution in [0, 0.1) is 0 Å². The number of hydrogen-bond acceptors (Lipinski definition) is 2. The number of allylic oxidation sites excluding steroid dienone is 3. The number of benzene rings is 1. The van der Waals surface area contributed by atoms with E-state index in [2.05, 4.69) is 48.7 Å². The molecule has 0 bridgehead atoms. The monoisotopic (exact) mass is 354 g/mol. The molecule has 2 nitrogen and oxygen atoms in total. The highest BCUT2D eigenvalue weighted by Crippen LogP contribution is 2.20. The second-order valence-electron chi connectivity index (χ2n) is 3.31. The zero-order chi connectivity index (χ0) is 12.7. The second-order valence-corrected chi connectivity index (χ2v) is 4.62. The summed E-state index contributed by atoms with van der Waals surface area (Å²) in [5.41, 5.74) is 2.46. The van der Waals surface area contributed by atoms with Gasteiger partial charge in [0.15, 0.2) is 0 Å². The number of rotatable bonds is 4. The van der Waals surface area contributed by atoms with Crippen molar-refractivity contribution in [2.75, 3.05) is 0 Å². The SMILES string of the molecule is C=C(C=C(Br)C(C)=CBr)N=Nc1ccccc1. The van der Waals surface area contributed by atoms with E-state index in [1.807, 2.05) is 48.3 Å². The van der Waals surface area contributed by atoms with Gasteiger partial charge in [-0.3, -0.25) is 0 Å². The Balaban J connectivity index is 2.71. The maximum Gasteiger partial charge on any atom is 0.0857 e. The van der Waals surface area contributed by atoms with Gasteiger partial charge in [-0.05, 0) is 35.7 Å². The first kappa shape index (κ1) is 14.1. The zero-order valence-electron chi connectivity index (χ0n) is 9.40. The van der Waals surface area contributed by atoms with Crippen LogP contribution in [0.5, 0.6) is 0 Å². The summed E-state index contributed by atoms with van der Waals surface area (Å²) < 4.78 is 0.923. The Morgan fingerprint density at radius 2 is 1.94 bits per heavy atom. The van der Waals surface area contributed by atoms with Gasteiger partial charge >= 0.3 is 0 Å². The van der Waals surface area contributed by atoms with E-state index in [0.717, 1.165) is 15.7 Å². The van der Waals surface area contributed by atoms with Crippen molar-refractivity contribution >= 4 is 37.5 Å². The van der Waals surface area contributed by atoms with Gasteiger partial charge in [0.1, 0.15) is 0 Å². The van der Waals surface area contributed by atoms with Crippen LogP contribution in [-0.2, 0) is 0 Å². The Hall–Kier alpha value is -1.00. The van der Waals surface area contributed by atoms with Crippen LogP contribution in [0.4, 0.5) is 5.69 Å². The Bertz CT molecular complexity index is 473. The van der Waals surface area contributed by atoms with Gasteiger partial charge in [0.25, 0.3) is 0 Å². The predicted octanol–water partition coefficient (Wildman–Crippen LogP) is 5.86. The summed E-state index contributed by atoms with van der Waals surface area (Å²) in [6, 6.07) is 9.55. The molecule has 0 fully saturated rings. The van der Waals surface area contributed by atoms with Crippen LogP contribution in [-0.4, -0.2) is 0 Å². The van der Waals surface area contributed by atoms with Crippen LogP contribution in [0.2, 0.25) is 0 Å². The highest BCUT2D eigenvalue weighted by molar-refractivity contribution is 9.12. The van der Waals surface area contributed by atoms with Gasteiger partial charge in [-0.25, -0.2) is 0 Å². The van der Waals surface area contributed by atoms with Crippen molar-refractivity contribution in [1.82, 2.24) is 0 Å². The molecule has 0 aromatic heterocycles. The van der Waals surface area contributed by atoms with E-state index in [-0.39, 0.29) is 0 Å². The lowest BCUT2D eigenvalue weighted by atomic mass is 10.3. The van der Waals surface area contributed by atoms with Crippen molar-refractivity contribution in [3.63, 3.8) is 0 Å². The molecule has 1 aromatic rings.